The third kappa shape index (κ3) is 2.96. The molecule has 1 aromatic carbocycles. The molecule has 5 heteroatoms. The second-order valence-corrected chi connectivity index (χ2v) is 5.34. The van der Waals surface area contributed by atoms with Gasteiger partial charge in [0.1, 0.15) is 0 Å². The van der Waals surface area contributed by atoms with Crippen LogP contribution < -0.4 is 5.73 Å². The summed E-state index contributed by atoms with van der Waals surface area (Å²) in [5.74, 6) is 0. The molecule has 3 aromatic rings. The molecule has 0 spiro atoms. The molecule has 120 valence electrons. The van der Waals surface area contributed by atoms with E-state index >= 15 is 0 Å². The van der Waals surface area contributed by atoms with Crippen LogP contribution in [-0.2, 0) is 0 Å². The number of nitrogens with two attached hydrogens (primary N) is 1. The molecule has 0 unspecified atom stereocenters. The van der Waals surface area contributed by atoms with Gasteiger partial charge in [0.2, 0.25) is 0 Å². The Bertz CT molecular complexity index is 929. The summed E-state index contributed by atoms with van der Waals surface area (Å²) in [6.07, 6.45) is 8.95. The zero-order valence-electron chi connectivity index (χ0n) is 13.7. The van der Waals surface area contributed by atoms with Gasteiger partial charge in [-0.15, -0.1) is 0 Å². The quantitative estimate of drug-likeness (QED) is 0.746. The van der Waals surface area contributed by atoms with Crippen LogP contribution in [0.15, 0.2) is 71.8 Å². The minimum absolute atomic E-state index is 0.697. The molecule has 24 heavy (non-hydrogen) atoms. The van der Waals surface area contributed by atoms with Gasteiger partial charge in [0.15, 0.2) is 5.65 Å². The number of aliphatic imine (C=N–C) groups is 1. The predicted octanol–water partition coefficient (Wildman–Crippen LogP) is 3.71. The molecule has 0 saturated heterocycles. The van der Waals surface area contributed by atoms with Gasteiger partial charge in [0.25, 0.3) is 0 Å². The first-order valence-corrected chi connectivity index (χ1v) is 7.71. The van der Waals surface area contributed by atoms with Crippen molar-refractivity contribution in [2.24, 2.45) is 10.7 Å². The van der Waals surface area contributed by atoms with Crippen molar-refractivity contribution in [3.8, 4) is 5.69 Å². The maximum absolute atomic E-state index is 6.08. The second-order valence-electron chi connectivity index (χ2n) is 5.34. The van der Waals surface area contributed by atoms with Crippen molar-refractivity contribution in [3.05, 3.63) is 72.3 Å². The van der Waals surface area contributed by atoms with E-state index in [1.165, 1.54) is 0 Å². The Morgan fingerprint density at radius 2 is 2.00 bits per heavy atom. The molecule has 0 fully saturated rings. The normalized spacial score (nSPS) is 13.1. The van der Waals surface area contributed by atoms with Crippen LogP contribution in [0.3, 0.4) is 0 Å². The summed E-state index contributed by atoms with van der Waals surface area (Å²) < 4.78 is 1.82. The molecule has 0 aliphatic heterocycles. The van der Waals surface area contributed by atoms with Crippen molar-refractivity contribution in [1.29, 1.82) is 0 Å². The van der Waals surface area contributed by atoms with Gasteiger partial charge >= 0.3 is 0 Å². The predicted molar refractivity (Wildman–Crippen MR) is 99.0 cm³/mol. The number of benzene rings is 1. The Kier molecular flexibility index (Phi) is 4.52. The molecule has 3 rings (SSSR count). The van der Waals surface area contributed by atoms with Crippen LogP contribution >= 0.6 is 0 Å². The highest BCUT2D eigenvalue weighted by molar-refractivity contribution is 6.15. The summed E-state index contributed by atoms with van der Waals surface area (Å²) in [6.45, 7) is 3.79. The van der Waals surface area contributed by atoms with Gasteiger partial charge in [0.05, 0.1) is 11.9 Å². The third-order valence-corrected chi connectivity index (χ3v) is 3.63. The molecular weight excluding hydrogens is 298 g/mol. The standard InChI is InChI=1S/C19H19N5/c1-3-10-21-12-17(14(2)20)16-9-11-22-19-18(16)13-23-24(19)15-7-5-4-6-8-15/h3-13H,20H2,1-2H3/b10-3+,17-14-,21-12+. The lowest BCUT2D eigenvalue weighted by Crippen LogP contribution is -2.01. The highest BCUT2D eigenvalue weighted by atomic mass is 15.3. The van der Waals surface area contributed by atoms with Gasteiger partial charge in [-0.1, -0.05) is 24.3 Å². The smallest absolute Gasteiger partial charge is 0.163 e. The minimum atomic E-state index is 0.697. The summed E-state index contributed by atoms with van der Waals surface area (Å²) in [6, 6.07) is 11.9. The Balaban J connectivity index is 2.17. The largest absolute Gasteiger partial charge is 0.402 e. The first-order chi connectivity index (χ1) is 11.7. The molecule has 2 N–H and O–H groups in total. The highest BCUT2D eigenvalue weighted by Crippen LogP contribution is 2.25. The van der Waals surface area contributed by atoms with E-state index in [2.05, 4.69) is 15.1 Å². The number of aromatic nitrogens is 3. The molecule has 0 atom stereocenters. The molecule has 0 saturated carbocycles. The number of allylic oxidation sites excluding steroid dienone is 3. The maximum atomic E-state index is 6.08. The van der Waals surface area contributed by atoms with Crippen LogP contribution in [-0.4, -0.2) is 21.0 Å². The van der Waals surface area contributed by atoms with E-state index < -0.39 is 0 Å². The number of hydrogen-bond donors (Lipinski definition) is 1. The molecule has 0 bridgehead atoms. The lowest BCUT2D eigenvalue weighted by molar-refractivity contribution is 0.897. The highest BCUT2D eigenvalue weighted by Gasteiger charge is 2.12. The van der Waals surface area contributed by atoms with Crippen LogP contribution in [0.1, 0.15) is 19.4 Å². The van der Waals surface area contributed by atoms with Crippen LogP contribution in [0, 0.1) is 0 Å². The SMILES string of the molecule is C/C=C/N=C/C(=C(\C)N)c1ccnc2c1cnn2-c1ccccc1. The summed E-state index contributed by atoms with van der Waals surface area (Å²) in [4.78, 5) is 8.76. The van der Waals surface area contributed by atoms with Gasteiger partial charge in [-0.05, 0) is 37.6 Å². The number of para-hydroxylation sites is 1. The number of hydrogen-bond acceptors (Lipinski definition) is 4. The van der Waals surface area contributed by atoms with E-state index in [0.717, 1.165) is 27.9 Å². The number of rotatable bonds is 4. The first kappa shape index (κ1) is 15.7. The molecule has 0 aliphatic rings. The lowest BCUT2D eigenvalue weighted by Gasteiger charge is -2.07. The zero-order valence-corrected chi connectivity index (χ0v) is 13.7. The zero-order chi connectivity index (χ0) is 16.9. The van der Waals surface area contributed by atoms with E-state index in [1.807, 2.05) is 67.2 Å². The number of fused-ring (bicyclic) bond motifs is 1. The maximum Gasteiger partial charge on any atom is 0.163 e. The van der Waals surface area contributed by atoms with Gasteiger partial charge in [-0.2, -0.15) is 5.10 Å². The Labute approximate surface area is 140 Å². The van der Waals surface area contributed by atoms with Gasteiger partial charge in [-0.25, -0.2) is 9.67 Å². The fourth-order valence-corrected chi connectivity index (χ4v) is 2.51. The molecule has 0 aliphatic carbocycles. The Morgan fingerprint density at radius 1 is 1.21 bits per heavy atom. The topological polar surface area (TPSA) is 69.1 Å². The van der Waals surface area contributed by atoms with Crippen LogP contribution in [0.5, 0.6) is 0 Å². The van der Waals surface area contributed by atoms with E-state index in [0.29, 0.717) is 5.70 Å². The van der Waals surface area contributed by atoms with Gasteiger partial charge in [0, 0.05) is 35.3 Å². The van der Waals surface area contributed by atoms with E-state index in [4.69, 9.17) is 5.73 Å². The Hall–Kier alpha value is -3.21. The van der Waals surface area contributed by atoms with E-state index in [-0.39, 0.29) is 0 Å². The van der Waals surface area contributed by atoms with Crippen LogP contribution in [0.4, 0.5) is 0 Å². The van der Waals surface area contributed by atoms with Crippen molar-refractivity contribution in [2.45, 2.75) is 13.8 Å². The van der Waals surface area contributed by atoms with Crippen molar-refractivity contribution in [1.82, 2.24) is 14.8 Å². The fraction of sp³-hybridized carbons (Fsp3) is 0.105. The first-order valence-electron chi connectivity index (χ1n) is 7.71. The van der Waals surface area contributed by atoms with Crippen molar-refractivity contribution in [2.75, 3.05) is 0 Å². The molecule has 5 nitrogen and oxygen atoms in total. The average Bonchev–Trinajstić information content (AvgIpc) is 3.03. The van der Waals surface area contributed by atoms with Crippen molar-refractivity contribution >= 4 is 22.8 Å². The molecule has 2 aromatic heterocycles. The fourth-order valence-electron chi connectivity index (χ4n) is 2.51. The molecule has 2 heterocycles. The molecule has 0 amide bonds. The molecule has 0 radical (unpaired) electrons. The summed E-state index contributed by atoms with van der Waals surface area (Å²) >= 11 is 0. The average molecular weight is 317 g/mol. The summed E-state index contributed by atoms with van der Waals surface area (Å²) in [5, 5.41) is 5.43. The second kappa shape index (κ2) is 6.91. The van der Waals surface area contributed by atoms with Crippen LogP contribution in [0.2, 0.25) is 0 Å². The number of pyridine rings is 1. The van der Waals surface area contributed by atoms with Crippen molar-refractivity contribution < 1.29 is 0 Å². The number of nitrogens with zero attached hydrogens (tertiary/aromatic N) is 4. The van der Waals surface area contributed by atoms with Crippen LogP contribution in [0.25, 0.3) is 22.3 Å². The monoisotopic (exact) mass is 317 g/mol. The lowest BCUT2D eigenvalue weighted by atomic mass is 10.0. The summed E-state index contributed by atoms with van der Waals surface area (Å²) in [5.41, 5.74) is 10.4. The minimum Gasteiger partial charge on any atom is -0.402 e. The molecular formula is C19H19N5. The van der Waals surface area contributed by atoms with E-state index in [9.17, 15) is 0 Å². The van der Waals surface area contributed by atoms with Gasteiger partial charge in [-0.3, -0.25) is 4.99 Å². The van der Waals surface area contributed by atoms with E-state index in [1.54, 1.807) is 18.6 Å². The van der Waals surface area contributed by atoms with Gasteiger partial charge < -0.3 is 5.73 Å². The van der Waals surface area contributed by atoms with Crippen molar-refractivity contribution in [3.63, 3.8) is 0 Å². The third-order valence-electron chi connectivity index (χ3n) is 3.63. The Morgan fingerprint density at radius 3 is 2.71 bits per heavy atom. The summed E-state index contributed by atoms with van der Waals surface area (Å²) in [7, 11) is 0.